The third-order valence-corrected chi connectivity index (χ3v) is 3.49. The molecule has 1 heterocycles. The Labute approximate surface area is 142 Å². The molecule has 0 amide bonds. The van der Waals surface area contributed by atoms with Crippen molar-refractivity contribution in [3.8, 4) is 11.6 Å². The molecule has 0 atom stereocenters. The van der Waals surface area contributed by atoms with Crippen molar-refractivity contribution in [1.82, 2.24) is 4.98 Å². The van der Waals surface area contributed by atoms with Gasteiger partial charge in [0.2, 0.25) is 11.0 Å². The van der Waals surface area contributed by atoms with Crippen LogP contribution >= 0.6 is 12.2 Å². The maximum atomic E-state index is 13.2. The number of fused-ring (bicyclic) bond motifs is 1. The van der Waals surface area contributed by atoms with E-state index in [1.807, 2.05) is 12.1 Å². The minimum absolute atomic E-state index is 0.0929. The lowest BCUT2D eigenvalue weighted by atomic mass is 10.2. The second-order valence-electron chi connectivity index (χ2n) is 4.84. The van der Waals surface area contributed by atoms with E-state index in [2.05, 4.69) is 20.5 Å². The summed E-state index contributed by atoms with van der Waals surface area (Å²) >= 11 is 5.12. The van der Waals surface area contributed by atoms with Gasteiger partial charge in [0.15, 0.2) is 5.69 Å². The Hall–Kier alpha value is -3.00. The summed E-state index contributed by atoms with van der Waals surface area (Å²) in [5.74, 6) is -0.0134. The fourth-order valence-electron chi connectivity index (χ4n) is 2.23. The molecule has 122 valence electrons. The Morgan fingerprint density at radius 1 is 1.29 bits per heavy atom. The SMILES string of the molecule is COc1ccccc1NC(=S)N=Nc1c(O)[nH]c2cc(F)ccc12. The van der Waals surface area contributed by atoms with Gasteiger partial charge >= 0.3 is 0 Å². The molecule has 0 unspecified atom stereocenters. The lowest BCUT2D eigenvalue weighted by Crippen LogP contribution is -2.06. The zero-order chi connectivity index (χ0) is 17.1. The molecule has 0 aliphatic carbocycles. The highest BCUT2D eigenvalue weighted by atomic mass is 32.1. The molecule has 8 heteroatoms. The first-order chi connectivity index (χ1) is 11.6. The molecule has 0 saturated heterocycles. The first-order valence-corrected chi connectivity index (χ1v) is 7.35. The molecule has 0 aliphatic rings. The molecule has 3 rings (SSSR count). The van der Waals surface area contributed by atoms with E-state index < -0.39 is 5.82 Å². The Morgan fingerprint density at radius 2 is 2.08 bits per heavy atom. The van der Waals surface area contributed by atoms with E-state index in [0.29, 0.717) is 22.3 Å². The van der Waals surface area contributed by atoms with Gasteiger partial charge in [0.25, 0.3) is 0 Å². The van der Waals surface area contributed by atoms with Crippen LogP contribution in [0.2, 0.25) is 0 Å². The van der Waals surface area contributed by atoms with Gasteiger partial charge in [0, 0.05) is 5.39 Å². The molecule has 0 saturated carbocycles. The van der Waals surface area contributed by atoms with Crippen LogP contribution in [0.5, 0.6) is 11.6 Å². The molecule has 0 aliphatic heterocycles. The minimum atomic E-state index is -0.416. The highest BCUT2D eigenvalue weighted by molar-refractivity contribution is 7.80. The van der Waals surface area contributed by atoms with E-state index in [0.717, 1.165) is 0 Å². The number of ether oxygens (including phenoxy) is 1. The second kappa shape index (κ2) is 6.63. The normalized spacial score (nSPS) is 11.1. The van der Waals surface area contributed by atoms with Crippen LogP contribution in [0.15, 0.2) is 52.7 Å². The number of anilines is 1. The number of rotatable bonds is 3. The Morgan fingerprint density at radius 3 is 2.88 bits per heavy atom. The first kappa shape index (κ1) is 15.9. The summed E-state index contributed by atoms with van der Waals surface area (Å²) in [6.45, 7) is 0. The van der Waals surface area contributed by atoms with E-state index in [4.69, 9.17) is 17.0 Å². The van der Waals surface area contributed by atoms with E-state index in [-0.39, 0.29) is 16.7 Å². The van der Waals surface area contributed by atoms with Gasteiger partial charge in [-0.15, -0.1) is 10.2 Å². The van der Waals surface area contributed by atoms with Crippen LogP contribution < -0.4 is 10.1 Å². The zero-order valence-electron chi connectivity index (χ0n) is 12.6. The number of halogens is 1. The van der Waals surface area contributed by atoms with Gasteiger partial charge in [-0.25, -0.2) is 4.39 Å². The van der Waals surface area contributed by atoms with Crippen molar-refractivity contribution in [3.05, 3.63) is 48.3 Å². The van der Waals surface area contributed by atoms with E-state index >= 15 is 0 Å². The Kier molecular flexibility index (Phi) is 4.39. The monoisotopic (exact) mass is 344 g/mol. The van der Waals surface area contributed by atoms with Crippen LogP contribution in [0.4, 0.5) is 15.8 Å². The van der Waals surface area contributed by atoms with E-state index in [9.17, 15) is 9.50 Å². The molecule has 0 fully saturated rings. The number of hydrogen-bond acceptors (Lipinski definition) is 4. The van der Waals surface area contributed by atoms with Crippen LogP contribution in [0.25, 0.3) is 10.9 Å². The molecule has 0 bridgehead atoms. The zero-order valence-corrected chi connectivity index (χ0v) is 13.4. The Bertz CT molecular complexity index is 939. The molecular weight excluding hydrogens is 331 g/mol. The lowest BCUT2D eigenvalue weighted by Gasteiger charge is -2.08. The van der Waals surface area contributed by atoms with Crippen molar-refractivity contribution in [1.29, 1.82) is 0 Å². The molecule has 0 spiro atoms. The minimum Gasteiger partial charge on any atom is -0.495 e. The van der Waals surface area contributed by atoms with Crippen LogP contribution in [-0.2, 0) is 0 Å². The highest BCUT2D eigenvalue weighted by Crippen LogP contribution is 2.35. The summed E-state index contributed by atoms with van der Waals surface area (Å²) in [6, 6.07) is 11.3. The maximum absolute atomic E-state index is 13.2. The molecule has 3 aromatic rings. The number of azo groups is 1. The average Bonchev–Trinajstić information content (AvgIpc) is 2.87. The fraction of sp³-hybridized carbons (Fsp3) is 0.0625. The van der Waals surface area contributed by atoms with Crippen LogP contribution in [0.3, 0.4) is 0 Å². The molecule has 2 aromatic carbocycles. The van der Waals surface area contributed by atoms with E-state index in [1.54, 1.807) is 19.2 Å². The molecule has 24 heavy (non-hydrogen) atoms. The van der Waals surface area contributed by atoms with Crippen molar-refractivity contribution in [2.45, 2.75) is 0 Å². The van der Waals surface area contributed by atoms with Crippen molar-refractivity contribution in [2.75, 3.05) is 12.4 Å². The summed E-state index contributed by atoms with van der Waals surface area (Å²) in [6.07, 6.45) is 0. The quantitative estimate of drug-likeness (QED) is 0.482. The molecule has 1 aromatic heterocycles. The summed E-state index contributed by atoms with van der Waals surface area (Å²) < 4.78 is 18.4. The highest BCUT2D eigenvalue weighted by Gasteiger charge is 2.11. The topological polar surface area (TPSA) is 82.0 Å². The van der Waals surface area contributed by atoms with Gasteiger partial charge in [0.05, 0.1) is 18.3 Å². The summed E-state index contributed by atoms with van der Waals surface area (Å²) in [7, 11) is 1.55. The largest absolute Gasteiger partial charge is 0.495 e. The third kappa shape index (κ3) is 3.18. The van der Waals surface area contributed by atoms with Crippen molar-refractivity contribution < 1.29 is 14.2 Å². The second-order valence-corrected chi connectivity index (χ2v) is 5.23. The number of benzene rings is 2. The molecular formula is C16H13FN4O2S. The van der Waals surface area contributed by atoms with Crippen LogP contribution in [0, 0.1) is 5.82 Å². The van der Waals surface area contributed by atoms with Gasteiger partial charge in [-0.1, -0.05) is 12.1 Å². The number of methoxy groups -OCH3 is 1. The summed E-state index contributed by atoms with van der Waals surface area (Å²) in [4.78, 5) is 2.64. The number of aromatic hydroxyl groups is 1. The maximum Gasteiger partial charge on any atom is 0.218 e. The van der Waals surface area contributed by atoms with Gasteiger partial charge in [-0.2, -0.15) is 0 Å². The van der Waals surface area contributed by atoms with Crippen LogP contribution in [-0.4, -0.2) is 22.3 Å². The standard InChI is InChI=1S/C16H13FN4O2S/c1-23-13-5-3-2-4-11(13)19-16(24)21-20-14-10-7-6-9(17)8-12(10)18-15(14)22/h2-8,18,22H,1H3,(H,19,24). The molecule has 6 nitrogen and oxygen atoms in total. The van der Waals surface area contributed by atoms with Crippen molar-refractivity contribution >= 4 is 39.6 Å². The number of aromatic amines is 1. The number of thiocarbonyl (C=S) groups is 1. The van der Waals surface area contributed by atoms with Gasteiger partial charge in [0.1, 0.15) is 11.6 Å². The summed E-state index contributed by atoms with van der Waals surface area (Å²) in [5.41, 5.74) is 1.26. The lowest BCUT2D eigenvalue weighted by molar-refractivity contribution is 0.417. The average molecular weight is 344 g/mol. The fourth-order valence-corrected chi connectivity index (χ4v) is 2.38. The van der Waals surface area contributed by atoms with Crippen LogP contribution in [0.1, 0.15) is 0 Å². The number of aromatic nitrogens is 1. The molecule has 3 N–H and O–H groups in total. The molecule has 0 radical (unpaired) electrons. The number of nitrogens with zero attached hydrogens (tertiary/aromatic N) is 2. The summed E-state index contributed by atoms with van der Waals surface area (Å²) in [5, 5.41) is 21.3. The van der Waals surface area contributed by atoms with E-state index in [1.165, 1.54) is 18.2 Å². The van der Waals surface area contributed by atoms with Gasteiger partial charge in [-0.3, -0.25) is 0 Å². The van der Waals surface area contributed by atoms with Crippen molar-refractivity contribution in [3.63, 3.8) is 0 Å². The van der Waals surface area contributed by atoms with Gasteiger partial charge in [-0.05, 0) is 42.5 Å². The first-order valence-electron chi connectivity index (χ1n) is 6.94. The third-order valence-electron chi connectivity index (χ3n) is 3.30. The Balaban J connectivity index is 1.83. The predicted octanol–water partition coefficient (Wildman–Crippen LogP) is 4.50. The number of H-pyrrole nitrogens is 1. The predicted molar refractivity (Wildman–Crippen MR) is 93.7 cm³/mol. The number of nitrogens with one attached hydrogen (secondary N) is 2. The van der Waals surface area contributed by atoms with Gasteiger partial charge < -0.3 is 20.1 Å². The smallest absolute Gasteiger partial charge is 0.218 e. The van der Waals surface area contributed by atoms with Crippen molar-refractivity contribution in [2.24, 2.45) is 10.2 Å². The number of hydrogen-bond donors (Lipinski definition) is 3. The number of para-hydroxylation sites is 2.